The normalized spacial score (nSPS) is 19.0. The highest BCUT2D eigenvalue weighted by Crippen LogP contribution is 2.23. The van der Waals surface area contributed by atoms with Crippen LogP contribution in [0, 0.1) is 0 Å². The Morgan fingerprint density at radius 1 is 1.37 bits per heavy atom. The first-order valence-corrected chi connectivity index (χ1v) is 10.6. The summed E-state index contributed by atoms with van der Waals surface area (Å²) in [4.78, 5) is 11.2. The average Bonchev–Trinajstić information content (AvgIpc) is 2.96. The molecule has 0 bridgehead atoms. The van der Waals surface area contributed by atoms with E-state index in [-0.39, 0.29) is 29.7 Å². The smallest absolute Gasteiger partial charge is 0.194 e. The number of aliphatic imine (C=N–C) groups is 1. The molecule has 2 aromatic rings. The number of nitrogens with zero attached hydrogens (tertiary/aromatic N) is 4. The maximum Gasteiger partial charge on any atom is 0.194 e. The number of pyridine rings is 1. The SMILES string of the molecule is CCNC(=NCc1cn2cc(Cl)ccc2n1)N1CCS(=O)(=O)C(C)(C)C1.I. The second-order valence-electron chi connectivity index (χ2n) is 7.02. The highest BCUT2D eigenvalue weighted by Gasteiger charge is 2.40. The quantitative estimate of drug-likeness (QED) is 0.379. The molecule has 3 rings (SSSR count). The number of guanidine groups is 1. The molecule has 10 heteroatoms. The molecule has 150 valence electrons. The van der Waals surface area contributed by atoms with Gasteiger partial charge < -0.3 is 14.6 Å². The van der Waals surface area contributed by atoms with Gasteiger partial charge in [-0.2, -0.15) is 0 Å². The van der Waals surface area contributed by atoms with E-state index in [9.17, 15) is 8.42 Å². The van der Waals surface area contributed by atoms with Gasteiger partial charge in [0.2, 0.25) is 0 Å². The fourth-order valence-corrected chi connectivity index (χ4v) is 4.53. The van der Waals surface area contributed by atoms with E-state index in [4.69, 9.17) is 11.6 Å². The summed E-state index contributed by atoms with van der Waals surface area (Å²) in [5.41, 5.74) is 1.64. The fraction of sp³-hybridized carbons (Fsp3) is 0.529. The summed E-state index contributed by atoms with van der Waals surface area (Å²) in [6.45, 7) is 7.51. The summed E-state index contributed by atoms with van der Waals surface area (Å²) in [5, 5.41) is 3.90. The van der Waals surface area contributed by atoms with Gasteiger partial charge in [-0.15, -0.1) is 24.0 Å². The Morgan fingerprint density at radius 2 is 2.11 bits per heavy atom. The lowest BCUT2D eigenvalue weighted by Crippen LogP contribution is -2.57. The maximum atomic E-state index is 12.2. The molecule has 1 fully saturated rings. The monoisotopic (exact) mass is 525 g/mol. The molecular formula is C17H25ClIN5O2S. The van der Waals surface area contributed by atoms with Crippen LogP contribution in [0.5, 0.6) is 0 Å². The number of hydrogen-bond acceptors (Lipinski definition) is 4. The average molecular weight is 526 g/mol. The van der Waals surface area contributed by atoms with Crippen molar-refractivity contribution in [3.05, 3.63) is 35.2 Å². The van der Waals surface area contributed by atoms with E-state index in [0.29, 0.717) is 37.2 Å². The Morgan fingerprint density at radius 3 is 2.78 bits per heavy atom. The summed E-state index contributed by atoms with van der Waals surface area (Å²) < 4.78 is 25.5. The molecule has 0 saturated carbocycles. The molecule has 0 amide bonds. The van der Waals surface area contributed by atoms with Crippen LogP contribution >= 0.6 is 35.6 Å². The third-order valence-electron chi connectivity index (χ3n) is 4.53. The Hall–Kier alpha value is -1.07. The lowest BCUT2D eigenvalue weighted by molar-refractivity contribution is 0.353. The van der Waals surface area contributed by atoms with Crippen molar-refractivity contribution in [2.75, 3.05) is 25.4 Å². The van der Waals surface area contributed by atoms with Crippen LogP contribution < -0.4 is 5.32 Å². The largest absolute Gasteiger partial charge is 0.357 e. The topological polar surface area (TPSA) is 79.1 Å². The van der Waals surface area contributed by atoms with Crippen molar-refractivity contribution in [2.45, 2.75) is 32.1 Å². The first-order valence-electron chi connectivity index (χ1n) is 8.60. The third-order valence-corrected chi connectivity index (χ3v) is 7.29. The van der Waals surface area contributed by atoms with Gasteiger partial charge in [0.05, 0.1) is 27.8 Å². The molecule has 0 spiro atoms. The van der Waals surface area contributed by atoms with Gasteiger partial charge in [-0.25, -0.2) is 18.4 Å². The van der Waals surface area contributed by atoms with Gasteiger partial charge in [0.1, 0.15) is 5.65 Å². The van der Waals surface area contributed by atoms with Crippen LogP contribution in [0.25, 0.3) is 5.65 Å². The van der Waals surface area contributed by atoms with Crippen LogP contribution in [0.1, 0.15) is 26.5 Å². The predicted octanol–water partition coefficient (Wildman–Crippen LogP) is 2.58. The summed E-state index contributed by atoms with van der Waals surface area (Å²) in [7, 11) is -3.08. The Balaban J connectivity index is 0.00000261. The molecule has 27 heavy (non-hydrogen) atoms. The maximum absolute atomic E-state index is 12.2. The van der Waals surface area contributed by atoms with Gasteiger partial charge in [0.25, 0.3) is 0 Å². The number of fused-ring (bicyclic) bond motifs is 1. The van der Waals surface area contributed by atoms with E-state index in [1.807, 2.05) is 28.5 Å². The molecule has 1 saturated heterocycles. The molecule has 1 aliphatic heterocycles. The van der Waals surface area contributed by atoms with E-state index in [1.165, 1.54) is 0 Å². The Labute approximate surface area is 182 Å². The molecule has 3 heterocycles. The van der Waals surface area contributed by atoms with Crippen molar-refractivity contribution in [1.29, 1.82) is 0 Å². The lowest BCUT2D eigenvalue weighted by atomic mass is 10.2. The molecule has 0 unspecified atom stereocenters. The number of aromatic nitrogens is 2. The Bertz CT molecular complexity index is 942. The van der Waals surface area contributed by atoms with Crippen molar-refractivity contribution in [3.8, 4) is 0 Å². The van der Waals surface area contributed by atoms with Crippen LogP contribution in [0.3, 0.4) is 0 Å². The molecule has 0 aliphatic carbocycles. The van der Waals surface area contributed by atoms with E-state index < -0.39 is 14.6 Å². The molecule has 0 radical (unpaired) electrons. The molecule has 7 nitrogen and oxygen atoms in total. The molecule has 0 aromatic carbocycles. The minimum absolute atomic E-state index is 0. The van der Waals surface area contributed by atoms with E-state index in [2.05, 4.69) is 15.3 Å². The van der Waals surface area contributed by atoms with Crippen LogP contribution in [-0.2, 0) is 16.4 Å². The van der Waals surface area contributed by atoms with Crippen LogP contribution in [0.2, 0.25) is 5.02 Å². The molecule has 1 aliphatic rings. The Kier molecular flexibility index (Phi) is 7.01. The molecule has 0 atom stereocenters. The van der Waals surface area contributed by atoms with E-state index in [0.717, 1.165) is 11.3 Å². The first-order chi connectivity index (χ1) is 12.2. The number of hydrogen-bond donors (Lipinski definition) is 1. The zero-order valence-electron chi connectivity index (χ0n) is 15.6. The van der Waals surface area contributed by atoms with E-state index >= 15 is 0 Å². The second-order valence-corrected chi connectivity index (χ2v) is 10.2. The molecule has 1 N–H and O–H groups in total. The van der Waals surface area contributed by atoms with Gasteiger partial charge in [-0.1, -0.05) is 11.6 Å². The highest BCUT2D eigenvalue weighted by molar-refractivity contribution is 14.0. The standard InChI is InChI=1S/C17H24ClN5O2S.HI/c1-4-19-16(22-7-8-26(24,25)17(2,3)12-22)20-9-14-11-23-10-13(18)5-6-15(23)21-14;/h5-6,10-11H,4,7-9,12H2,1-3H3,(H,19,20);1H. The van der Waals surface area contributed by atoms with Crippen molar-refractivity contribution in [1.82, 2.24) is 19.6 Å². The van der Waals surface area contributed by atoms with Crippen molar-refractivity contribution in [2.24, 2.45) is 4.99 Å². The van der Waals surface area contributed by atoms with Crippen LogP contribution in [0.4, 0.5) is 0 Å². The van der Waals surface area contributed by atoms with Gasteiger partial charge in [0.15, 0.2) is 15.8 Å². The van der Waals surface area contributed by atoms with Crippen LogP contribution in [-0.4, -0.2) is 58.8 Å². The van der Waals surface area contributed by atoms with Crippen molar-refractivity contribution < 1.29 is 8.42 Å². The number of sulfone groups is 1. The minimum atomic E-state index is -3.08. The third kappa shape index (κ3) is 4.86. The summed E-state index contributed by atoms with van der Waals surface area (Å²) in [6.07, 6.45) is 3.71. The van der Waals surface area contributed by atoms with Gasteiger partial charge in [-0.05, 0) is 32.9 Å². The number of nitrogens with one attached hydrogen (secondary N) is 1. The number of halogens is 2. The summed E-state index contributed by atoms with van der Waals surface area (Å²) in [6, 6.07) is 3.66. The van der Waals surface area contributed by atoms with Gasteiger partial charge in [0, 0.05) is 32.0 Å². The van der Waals surface area contributed by atoms with Crippen molar-refractivity contribution in [3.63, 3.8) is 0 Å². The van der Waals surface area contributed by atoms with E-state index in [1.54, 1.807) is 26.1 Å². The zero-order valence-corrected chi connectivity index (χ0v) is 19.5. The molecular weight excluding hydrogens is 501 g/mol. The predicted molar refractivity (Wildman–Crippen MR) is 120 cm³/mol. The lowest BCUT2D eigenvalue weighted by Gasteiger charge is -2.39. The number of imidazole rings is 1. The highest BCUT2D eigenvalue weighted by atomic mass is 127. The zero-order chi connectivity index (χ0) is 18.9. The van der Waals surface area contributed by atoms with Gasteiger partial charge >= 0.3 is 0 Å². The summed E-state index contributed by atoms with van der Waals surface area (Å²) >= 11 is 6.01. The molecule has 2 aromatic heterocycles. The fourth-order valence-electron chi connectivity index (χ4n) is 3.00. The summed E-state index contributed by atoms with van der Waals surface area (Å²) in [5.74, 6) is 0.850. The second kappa shape index (κ2) is 8.52. The van der Waals surface area contributed by atoms with Crippen molar-refractivity contribution >= 4 is 57.0 Å². The number of rotatable bonds is 3. The first kappa shape index (κ1) is 22.2. The minimum Gasteiger partial charge on any atom is -0.357 e. The van der Waals surface area contributed by atoms with Gasteiger partial charge in [-0.3, -0.25) is 0 Å². The van der Waals surface area contributed by atoms with Crippen LogP contribution in [0.15, 0.2) is 29.5 Å².